The molecule has 2 amide bonds. The molecule has 2 aromatic heterocycles. The van der Waals surface area contributed by atoms with E-state index < -0.39 is 0 Å². The number of fused-ring (bicyclic) bond motifs is 2. The van der Waals surface area contributed by atoms with Crippen molar-refractivity contribution in [1.29, 1.82) is 0 Å². The second-order valence-corrected chi connectivity index (χ2v) is 8.05. The molecule has 7 heteroatoms. The van der Waals surface area contributed by atoms with Crippen LogP contribution < -0.4 is 15.0 Å². The summed E-state index contributed by atoms with van der Waals surface area (Å²) in [6.07, 6.45) is 3.43. The third-order valence-electron chi connectivity index (χ3n) is 5.82. The lowest BCUT2D eigenvalue weighted by Gasteiger charge is -2.22. The third kappa shape index (κ3) is 4.54. The molecule has 0 radical (unpaired) electrons. The summed E-state index contributed by atoms with van der Waals surface area (Å²) in [5, 5.41) is 2.97. The van der Waals surface area contributed by atoms with Gasteiger partial charge < -0.3 is 19.5 Å². The zero-order chi connectivity index (χ0) is 23.3. The minimum Gasteiger partial charge on any atom is -0.484 e. The van der Waals surface area contributed by atoms with Gasteiger partial charge in [0.2, 0.25) is 0 Å². The number of carbonyl (C=O) groups is 2. The standard InChI is InChI=1S/C27H24N4O3/c32-26(19-34-23-9-2-1-3-10-23)31-18-22-12-13-25(27(33)29-16-20-7-6-14-28-15-20)30(22)17-21-8-4-5-11-24(21)31/h1-15H,16-19H2,(H,29,33). The van der Waals surface area contributed by atoms with Gasteiger partial charge in [-0.2, -0.15) is 0 Å². The number of amides is 2. The van der Waals surface area contributed by atoms with E-state index in [0.717, 1.165) is 22.5 Å². The number of benzene rings is 2. The summed E-state index contributed by atoms with van der Waals surface area (Å²) in [6, 6.07) is 24.5. The molecule has 5 rings (SSSR count). The first-order chi connectivity index (χ1) is 16.7. The highest BCUT2D eigenvalue weighted by Gasteiger charge is 2.26. The highest BCUT2D eigenvalue weighted by atomic mass is 16.5. The van der Waals surface area contributed by atoms with Crippen molar-refractivity contribution in [3.8, 4) is 5.75 Å². The summed E-state index contributed by atoms with van der Waals surface area (Å²) in [5.41, 5.74) is 4.17. The molecule has 3 heterocycles. The van der Waals surface area contributed by atoms with Crippen LogP contribution in [0.1, 0.15) is 27.3 Å². The lowest BCUT2D eigenvalue weighted by molar-refractivity contribution is -0.120. The maximum absolute atomic E-state index is 13.2. The van der Waals surface area contributed by atoms with Gasteiger partial charge in [0.1, 0.15) is 11.4 Å². The van der Waals surface area contributed by atoms with Crippen LogP contribution in [0, 0.1) is 0 Å². The monoisotopic (exact) mass is 452 g/mol. The van der Waals surface area contributed by atoms with Gasteiger partial charge >= 0.3 is 0 Å². The van der Waals surface area contributed by atoms with Crippen molar-refractivity contribution >= 4 is 17.5 Å². The van der Waals surface area contributed by atoms with Gasteiger partial charge in [-0.15, -0.1) is 0 Å². The molecular weight excluding hydrogens is 428 g/mol. The van der Waals surface area contributed by atoms with E-state index in [2.05, 4.69) is 10.3 Å². The molecular formula is C27H24N4O3. The Labute approximate surface area is 197 Å². The number of nitrogens with one attached hydrogen (secondary N) is 1. The van der Waals surface area contributed by atoms with Crippen molar-refractivity contribution in [2.24, 2.45) is 0 Å². The lowest BCUT2D eigenvalue weighted by atomic mass is 10.1. The van der Waals surface area contributed by atoms with E-state index in [1.165, 1.54) is 0 Å². The minimum absolute atomic E-state index is 0.0719. The molecule has 0 unspecified atom stereocenters. The summed E-state index contributed by atoms with van der Waals surface area (Å²) in [6.45, 7) is 1.17. The minimum atomic E-state index is -0.167. The smallest absolute Gasteiger partial charge is 0.268 e. The molecule has 0 saturated carbocycles. The van der Waals surface area contributed by atoms with Crippen LogP contribution in [0.15, 0.2) is 91.3 Å². The second-order valence-electron chi connectivity index (χ2n) is 8.05. The number of pyridine rings is 1. The van der Waals surface area contributed by atoms with Crippen LogP contribution in [-0.2, 0) is 24.4 Å². The highest BCUT2D eigenvalue weighted by molar-refractivity contribution is 5.96. The number of anilines is 1. The van der Waals surface area contributed by atoms with Crippen molar-refractivity contribution in [2.45, 2.75) is 19.6 Å². The molecule has 34 heavy (non-hydrogen) atoms. The molecule has 1 aliphatic heterocycles. The summed E-state index contributed by atoms with van der Waals surface area (Å²) < 4.78 is 7.69. The van der Waals surface area contributed by atoms with Crippen LogP contribution in [-0.4, -0.2) is 28.0 Å². The molecule has 0 aliphatic carbocycles. The molecule has 2 aromatic carbocycles. The lowest BCUT2D eigenvalue weighted by Crippen LogP contribution is -2.34. The summed E-state index contributed by atoms with van der Waals surface area (Å²) >= 11 is 0. The van der Waals surface area contributed by atoms with Crippen molar-refractivity contribution in [2.75, 3.05) is 11.5 Å². The maximum Gasteiger partial charge on any atom is 0.268 e. The predicted molar refractivity (Wildman–Crippen MR) is 129 cm³/mol. The van der Waals surface area contributed by atoms with E-state index in [-0.39, 0.29) is 18.4 Å². The number of para-hydroxylation sites is 2. The van der Waals surface area contributed by atoms with E-state index in [4.69, 9.17) is 4.74 Å². The van der Waals surface area contributed by atoms with Crippen LogP contribution >= 0.6 is 0 Å². The third-order valence-corrected chi connectivity index (χ3v) is 5.82. The van der Waals surface area contributed by atoms with E-state index in [1.807, 2.05) is 83.4 Å². The van der Waals surface area contributed by atoms with Crippen molar-refractivity contribution in [3.63, 3.8) is 0 Å². The quantitative estimate of drug-likeness (QED) is 0.483. The molecule has 7 nitrogen and oxygen atoms in total. The van der Waals surface area contributed by atoms with Crippen molar-refractivity contribution < 1.29 is 14.3 Å². The number of hydrogen-bond donors (Lipinski definition) is 1. The van der Waals surface area contributed by atoms with Crippen LogP contribution in [0.25, 0.3) is 0 Å². The van der Waals surface area contributed by atoms with Crippen molar-refractivity contribution in [1.82, 2.24) is 14.9 Å². The van der Waals surface area contributed by atoms with Crippen molar-refractivity contribution in [3.05, 3.63) is 114 Å². The Balaban J connectivity index is 1.37. The average molecular weight is 453 g/mol. The SMILES string of the molecule is O=C(NCc1cccnc1)c1ccc2n1Cc1ccccc1N(C(=O)COc1ccccc1)C2. The second kappa shape index (κ2) is 9.62. The van der Waals surface area contributed by atoms with Gasteiger partial charge in [-0.25, -0.2) is 0 Å². The molecule has 170 valence electrons. The fourth-order valence-electron chi connectivity index (χ4n) is 4.10. The topological polar surface area (TPSA) is 76.5 Å². The molecule has 1 aliphatic rings. The first-order valence-electron chi connectivity index (χ1n) is 11.1. The van der Waals surface area contributed by atoms with Crippen LogP contribution in [0.2, 0.25) is 0 Å². The van der Waals surface area contributed by atoms with Crippen LogP contribution in [0.5, 0.6) is 5.75 Å². The van der Waals surface area contributed by atoms with E-state index >= 15 is 0 Å². The number of carbonyl (C=O) groups excluding carboxylic acids is 2. The number of hydrogen-bond acceptors (Lipinski definition) is 4. The Morgan fingerprint density at radius 1 is 0.912 bits per heavy atom. The Morgan fingerprint density at radius 3 is 2.56 bits per heavy atom. The first kappa shape index (κ1) is 21.5. The molecule has 4 aromatic rings. The van der Waals surface area contributed by atoms with Gasteiger partial charge in [-0.05, 0) is 47.5 Å². The molecule has 1 N–H and O–H groups in total. The summed E-state index contributed by atoms with van der Waals surface area (Å²) in [7, 11) is 0. The normalized spacial score (nSPS) is 12.3. The Kier molecular flexibility index (Phi) is 6.07. The van der Waals surface area contributed by atoms with Gasteiger partial charge in [0.25, 0.3) is 11.8 Å². The van der Waals surface area contributed by atoms with E-state index in [1.54, 1.807) is 17.3 Å². The number of rotatable bonds is 6. The zero-order valence-corrected chi connectivity index (χ0v) is 18.6. The average Bonchev–Trinajstić information content (AvgIpc) is 3.20. The molecule has 0 saturated heterocycles. The van der Waals surface area contributed by atoms with Crippen LogP contribution in [0.4, 0.5) is 5.69 Å². The largest absolute Gasteiger partial charge is 0.484 e. The number of ether oxygens (including phenoxy) is 1. The summed E-state index contributed by atoms with van der Waals surface area (Å²) in [4.78, 5) is 32.0. The fourth-order valence-corrected chi connectivity index (χ4v) is 4.10. The first-order valence-corrected chi connectivity index (χ1v) is 11.1. The van der Waals surface area contributed by atoms with Gasteiger partial charge in [0.15, 0.2) is 6.61 Å². The summed E-state index contributed by atoms with van der Waals surface area (Å²) in [5.74, 6) is 0.336. The molecule has 0 fully saturated rings. The Morgan fingerprint density at radius 2 is 1.74 bits per heavy atom. The maximum atomic E-state index is 13.2. The molecule has 0 bridgehead atoms. The molecule has 0 atom stereocenters. The highest BCUT2D eigenvalue weighted by Crippen LogP contribution is 2.29. The fraction of sp³-hybridized carbons (Fsp3) is 0.148. The van der Waals surface area contributed by atoms with Gasteiger partial charge in [0.05, 0.1) is 13.1 Å². The van der Waals surface area contributed by atoms with Gasteiger partial charge in [-0.1, -0.05) is 42.5 Å². The number of nitrogens with zero attached hydrogens (tertiary/aromatic N) is 3. The van der Waals surface area contributed by atoms with E-state index in [0.29, 0.717) is 31.1 Å². The van der Waals surface area contributed by atoms with Gasteiger partial charge in [0, 0.05) is 30.3 Å². The Bertz CT molecular complexity index is 1300. The zero-order valence-electron chi connectivity index (χ0n) is 18.6. The van der Waals surface area contributed by atoms with Gasteiger partial charge in [-0.3, -0.25) is 14.6 Å². The van der Waals surface area contributed by atoms with E-state index in [9.17, 15) is 9.59 Å². The predicted octanol–water partition coefficient (Wildman–Crippen LogP) is 3.79. The van der Waals surface area contributed by atoms with Crippen LogP contribution in [0.3, 0.4) is 0 Å². The molecule has 0 spiro atoms. The Hall–Kier alpha value is -4.39. The number of aromatic nitrogens is 2.